The van der Waals surface area contributed by atoms with Crippen LogP contribution in [0.5, 0.6) is 0 Å². The summed E-state index contributed by atoms with van der Waals surface area (Å²) in [5.41, 5.74) is 0.703. The minimum Gasteiger partial charge on any atom is -0.326 e. The van der Waals surface area contributed by atoms with E-state index in [1.807, 2.05) is 0 Å². The largest absolute Gasteiger partial charge is 0.416 e. The number of nitrogens with zero attached hydrogens (tertiary/aromatic N) is 2. The molecule has 0 bridgehead atoms. The van der Waals surface area contributed by atoms with Crippen LogP contribution in [0.2, 0.25) is 0 Å². The minimum absolute atomic E-state index is 0.145. The summed E-state index contributed by atoms with van der Waals surface area (Å²) < 4.78 is 38.4. The number of benzene rings is 1. The number of thioether (sulfide) groups is 1. The Morgan fingerprint density at radius 1 is 1.21 bits per heavy atom. The molecule has 1 amide bonds. The zero-order valence-corrected chi connectivity index (χ0v) is 17.0. The molecule has 0 unspecified atom stereocenters. The molecular formula is C20H18F3N3OS2. The molecule has 0 radical (unpaired) electrons. The number of carbonyl (C=O) groups excluding carboxylic acids is 1. The Balaban J connectivity index is 1.39. The Labute approximate surface area is 173 Å². The number of anilines is 1. The van der Waals surface area contributed by atoms with Crippen molar-refractivity contribution in [3.05, 3.63) is 46.6 Å². The molecule has 29 heavy (non-hydrogen) atoms. The third-order valence-corrected chi connectivity index (χ3v) is 6.95. The number of thiophene rings is 1. The number of aromatic nitrogens is 2. The quantitative estimate of drug-likeness (QED) is 0.410. The SMILES string of the molecule is O=C(CCSc1ncnc2sc3c(c12)CCCC3)Nc1cccc(C(F)(F)F)c1. The number of fused-ring (bicyclic) bond motifs is 3. The summed E-state index contributed by atoms with van der Waals surface area (Å²) >= 11 is 3.21. The fraction of sp³-hybridized carbons (Fsp3) is 0.350. The summed E-state index contributed by atoms with van der Waals surface area (Å²) in [6.07, 6.45) is 1.78. The van der Waals surface area contributed by atoms with Crippen LogP contribution in [0, 0.1) is 0 Å². The van der Waals surface area contributed by atoms with Crippen LogP contribution in [0.15, 0.2) is 35.6 Å². The standard InChI is InChI=1S/C20H18F3N3OS2/c21-20(22,23)12-4-3-5-13(10-12)26-16(27)8-9-28-18-17-14-6-1-2-7-15(14)29-19(17)25-11-24-18/h3-5,10-11H,1-2,6-9H2,(H,26,27). The molecule has 2 heterocycles. The smallest absolute Gasteiger partial charge is 0.326 e. The van der Waals surface area contributed by atoms with E-state index in [1.165, 1.54) is 40.8 Å². The molecule has 0 atom stereocenters. The summed E-state index contributed by atoms with van der Waals surface area (Å²) in [4.78, 5) is 23.4. The monoisotopic (exact) mass is 437 g/mol. The van der Waals surface area contributed by atoms with Gasteiger partial charge >= 0.3 is 6.18 Å². The average molecular weight is 438 g/mol. The van der Waals surface area contributed by atoms with E-state index in [2.05, 4.69) is 15.3 Å². The lowest BCUT2D eigenvalue weighted by atomic mass is 9.97. The molecule has 2 aromatic heterocycles. The Morgan fingerprint density at radius 2 is 2.03 bits per heavy atom. The second-order valence-corrected chi connectivity index (χ2v) is 8.96. The molecule has 0 saturated heterocycles. The van der Waals surface area contributed by atoms with E-state index in [-0.39, 0.29) is 18.0 Å². The molecule has 1 aliphatic carbocycles. The van der Waals surface area contributed by atoms with Gasteiger partial charge in [0.15, 0.2) is 0 Å². The van der Waals surface area contributed by atoms with Crippen LogP contribution in [-0.2, 0) is 23.8 Å². The van der Waals surface area contributed by atoms with Crippen LogP contribution in [0.4, 0.5) is 18.9 Å². The molecule has 4 rings (SSSR count). The van der Waals surface area contributed by atoms with Gasteiger partial charge in [-0.2, -0.15) is 13.2 Å². The van der Waals surface area contributed by atoms with Crippen LogP contribution >= 0.6 is 23.1 Å². The van der Waals surface area contributed by atoms with E-state index >= 15 is 0 Å². The summed E-state index contributed by atoms with van der Waals surface area (Å²) in [7, 11) is 0. The number of hydrogen-bond donors (Lipinski definition) is 1. The first kappa shape index (κ1) is 20.2. The lowest BCUT2D eigenvalue weighted by molar-refractivity contribution is -0.137. The zero-order chi connectivity index (χ0) is 20.4. The Bertz CT molecular complexity index is 1050. The average Bonchev–Trinajstić information content (AvgIpc) is 3.07. The van der Waals surface area contributed by atoms with Crippen LogP contribution in [0.3, 0.4) is 0 Å². The van der Waals surface area contributed by atoms with Crippen LogP contribution < -0.4 is 5.32 Å². The topological polar surface area (TPSA) is 54.9 Å². The van der Waals surface area contributed by atoms with E-state index in [9.17, 15) is 18.0 Å². The first-order valence-electron chi connectivity index (χ1n) is 9.27. The number of aryl methyl sites for hydroxylation is 2. The van der Waals surface area contributed by atoms with Gasteiger partial charge in [-0.15, -0.1) is 23.1 Å². The number of carbonyl (C=O) groups is 1. The highest BCUT2D eigenvalue weighted by atomic mass is 32.2. The van der Waals surface area contributed by atoms with Crippen molar-refractivity contribution in [2.45, 2.75) is 43.3 Å². The van der Waals surface area contributed by atoms with Crippen molar-refractivity contribution in [2.24, 2.45) is 0 Å². The second-order valence-electron chi connectivity index (χ2n) is 6.80. The normalized spacial score (nSPS) is 14.0. The van der Waals surface area contributed by atoms with Gasteiger partial charge in [0.2, 0.25) is 5.91 Å². The number of alkyl halides is 3. The Hall–Kier alpha value is -2.13. The number of nitrogens with one attached hydrogen (secondary N) is 1. The first-order valence-corrected chi connectivity index (χ1v) is 11.1. The molecule has 1 N–H and O–H groups in total. The Morgan fingerprint density at radius 3 is 2.86 bits per heavy atom. The van der Waals surface area contributed by atoms with Gasteiger partial charge < -0.3 is 5.32 Å². The van der Waals surface area contributed by atoms with Crippen molar-refractivity contribution in [3.8, 4) is 0 Å². The highest BCUT2D eigenvalue weighted by Crippen LogP contribution is 2.39. The zero-order valence-electron chi connectivity index (χ0n) is 15.4. The molecule has 0 saturated carbocycles. The molecule has 4 nitrogen and oxygen atoms in total. The van der Waals surface area contributed by atoms with E-state index in [0.717, 1.165) is 46.6 Å². The maximum absolute atomic E-state index is 12.8. The minimum atomic E-state index is -4.44. The maximum Gasteiger partial charge on any atom is 0.416 e. The van der Waals surface area contributed by atoms with Gasteiger partial charge in [-0.25, -0.2) is 9.97 Å². The molecular weight excluding hydrogens is 419 g/mol. The van der Waals surface area contributed by atoms with Crippen LogP contribution in [0.1, 0.15) is 35.3 Å². The molecule has 0 spiro atoms. The van der Waals surface area contributed by atoms with Gasteiger partial charge in [0, 0.05) is 28.1 Å². The number of hydrogen-bond acceptors (Lipinski definition) is 5. The highest BCUT2D eigenvalue weighted by molar-refractivity contribution is 7.99. The third kappa shape index (κ3) is 4.56. The third-order valence-electron chi connectivity index (χ3n) is 4.76. The van der Waals surface area contributed by atoms with Crippen molar-refractivity contribution < 1.29 is 18.0 Å². The highest BCUT2D eigenvalue weighted by Gasteiger charge is 2.30. The molecule has 9 heteroatoms. The van der Waals surface area contributed by atoms with Crippen LogP contribution in [-0.4, -0.2) is 21.6 Å². The van der Waals surface area contributed by atoms with E-state index < -0.39 is 11.7 Å². The van der Waals surface area contributed by atoms with Gasteiger partial charge in [0.05, 0.1) is 5.56 Å². The van der Waals surface area contributed by atoms with Gasteiger partial charge in [0.1, 0.15) is 16.2 Å². The van der Waals surface area contributed by atoms with Crippen molar-refractivity contribution >= 4 is 44.9 Å². The predicted octanol–water partition coefficient (Wildman–Crippen LogP) is 5.71. The molecule has 3 aromatic rings. The van der Waals surface area contributed by atoms with Crippen molar-refractivity contribution in [1.29, 1.82) is 0 Å². The number of rotatable bonds is 5. The fourth-order valence-electron chi connectivity index (χ4n) is 3.41. The van der Waals surface area contributed by atoms with Crippen LogP contribution in [0.25, 0.3) is 10.2 Å². The van der Waals surface area contributed by atoms with E-state index in [4.69, 9.17) is 0 Å². The molecule has 1 aromatic carbocycles. The maximum atomic E-state index is 12.8. The lowest BCUT2D eigenvalue weighted by Crippen LogP contribution is -2.13. The van der Waals surface area contributed by atoms with Crippen molar-refractivity contribution in [2.75, 3.05) is 11.1 Å². The number of halogens is 3. The molecule has 0 aliphatic heterocycles. The van der Waals surface area contributed by atoms with Crippen molar-refractivity contribution in [3.63, 3.8) is 0 Å². The molecule has 1 aliphatic rings. The number of amides is 1. The van der Waals surface area contributed by atoms with E-state index in [0.29, 0.717) is 5.75 Å². The van der Waals surface area contributed by atoms with E-state index in [1.54, 1.807) is 17.7 Å². The van der Waals surface area contributed by atoms with Gasteiger partial charge in [-0.1, -0.05) is 6.07 Å². The summed E-state index contributed by atoms with van der Waals surface area (Å²) in [6.45, 7) is 0. The van der Waals surface area contributed by atoms with Gasteiger partial charge in [-0.05, 0) is 49.4 Å². The van der Waals surface area contributed by atoms with Gasteiger partial charge in [-0.3, -0.25) is 4.79 Å². The summed E-state index contributed by atoms with van der Waals surface area (Å²) in [5, 5.41) is 4.52. The Kier molecular flexibility index (Phi) is 5.78. The lowest BCUT2D eigenvalue weighted by Gasteiger charge is -2.11. The first-order chi connectivity index (χ1) is 13.9. The van der Waals surface area contributed by atoms with Crippen molar-refractivity contribution in [1.82, 2.24) is 9.97 Å². The summed E-state index contributed by atoms with van der Waals surface area (Å²) in [6, 6.07) is 4.65. The van der Waals surface area contributed by atoms with Gasteiger partial charge in [0.25, 0.3) is 0 Å². The summed E-state index contributed by atoms with van der Waals surface area (Å²) in [5.74, 6) is 0.163. The predicted molar refractivity (Wildman–Crippen MR) is 109 cm³/mol. The molecule has 0 fully saturated rings. The molecule has 152 valence electrons. The second kappa shape index (κ2) is 8.31. The fourth-order valence-corrected chi connectivity index (χ4v) is 5.67.